The van der Waals surface area contributed by atoms with Crippen molar-refractivity contribution in [2.24, 2.45) is 5.73 Å². The number of nitrogens with one attached hydrogen (secondary N) is 2. The molecule has 0 spiro atoms. The number of unbranched alkanes of at least 4 members (excludes halogenated alkanes) is 1. The Morgan fingerprint density at radius 1 is 1.11 bits per heavy atom. The molecule has 0 bridgehead atoms. The lowest BCUT2D eigenvalue weighted by Gasteiger charge is -2.16. The first-order chi connectivity index (χ1) is 13.4. The van der Waals surface area contributed by atoms with Gasteiger partial charge in [-0.15, -0.1) is 0 Å². The monoisotopic (exact) mass is 382 g/mol. The van der Waals surface area contributed by atoms with Crippen LogP contribution < -0.4 is 15.8 Å². The Hall–Kier alpha value is -3.35. The first kappa shape index (κ1) is 21.0. The first-order valence-corrected chi connectivity index (χ1v) is 9.15. The minimum atomic E-state index is -0.488. The van der Waals surface area contributed by atoms with Gasteiger partial charge in [-0.25, -0.2) is 4.79 Å². The van der Waals surface area contributed by atoms with Crippen molar-refractivity contribution in [3.05, 3.63) is 59.7 Å². The number of carbonyl (C=O) groups excluding carboxylic acids is 2. The fraction of sp³-hybridized carbons (Fsp3) is 0.286. The maximum Gasteiger partial charge on any atom is 0.343 e. The zero-order valence-corrected chi connectivity index (χ0v) is 16.2. The summed E-state index contributed by atoms with van der Waals surface area (Å²) in [6, 6.07) is 13.4. The number of amides is 1. The first-order valence-electron chi connectivity index (χ1n) is 9.15. The zero-order valence-electron chi connectivity index (χ0n) is 16.2. The number of nitrogens with zero attached hydrogens (tertiary/aromatic N) is 1. The Morgan fingerprint density at radius 3 is 2.32 bits per heavy atom. The van der Waals surface area contributed by atoms with Gasteiger partial charge < -0.3 is 20.7 Å². The highest BCUT2D eigenvalue weighted by Crippen LogP contribution is 2.16. The molecule has 0 aromatic heterocycles. The molecule has 0 unspecified atom stereocenters. The van der Waals surface area contributed by atoms with Crippen LogP contribution in [0.15, 0.2) is 48.5 Å². The Labute approximate surface area is 165 Å². The molecule has 0 atom stereocenters. The van der Waals surface area contributed by atoms with Crippen LogP contribution in [0.2, 0.25) is 0 Å². The number of esters is 1. The van der Waals surface area contributed by atoms with Crippen molar-refractivity contribution in [1.82, 2.24) is 4.90 Å². The topological polar surface area (TPSA) is 109 Å². The summed E-state index contributed by atoms with van der Waals surface area (Å²) in [4.78, 5) is 26.1. The molecule has 0 aliphatic heterocycles. The molecule has 0 aliphatic carbocycles. The van der Waals surface area contributed by atoms with Crippen LogP contribution in [0, 0.1) is 5.41 Å². The molecule has 0 fully saturated rings. The minimum Gasteiger partial charge on any atom is -0.423 e. The summed E-state index contributed by atoms with van der Waals surface area (Å²) >= 11 is 0. The Bertz CT molecular complexity index is 817. The highest BCUT2D eigenvalue weighted by molar-refractivity contribution is 5.93. The van der Waals surface area contributed by atoms with Crippen molar-refractivity contribution in [2.75, 3.05) is 18.9 Å². The largest absolute Gasteiger partial charge is 0.423 e. The van der Waals surface area contributed by atoms with E-state index in [4.69, 9.17) is 15.9 Å². The van der Waals surface area contributed by atoms with Crippen LogP contribution in [0.1, 0.15) is 35.7 Å². The Kier molecular flexibility index (Phi) is 7.56. The van der Waals surface area contributed by atoms with E-state index in [1.807, 2.05) is 7.05 Å². The van der Waals surface area contributed by atoms with Crippen LogP contribution in [-0.4, -0.2) is 36.3 Å². The second-order valence-corrected chi connectivity index (χ2v) is 6.50. The van der Waals surface area contributed by atoms with Crippen molar-refractivity contribution in [2.45, 2.75) is 26.2 Å². The number of ether oxygens (including phenoxy) is 1. The summed E-state index contributed by atoms with van der Waals surface area (Å²) < 4.78 is 5.36. The van der Waals surface area contributed by atoms with Gasteiger partial charge in [0.05, 0.1) is 12.0 Å². The highest BCUT2D eigenvalue weighted by atomic mass is 16.5. The second-order valence-electron chi connectivity index (χ2n) is 6.50. The molecular formula is C21H26N4O3. The van der Waals surface area contributed by atoms with Gasteiger partial charge in [-0.1, -0.05) is 25.5 Å². The minimum absolute atomic E-state index is 0.0671. The third kappa shape index (κ3) is 6.42. The van der Waals surface area contributed by atoms with E-state index in [9.17, 15) is 9.59 Å². The molecule has 0 heterocycles. The normalized spacial score (nSPS) is 10.2. The van der Waals surface area contributed by atoms with Gasteiger partial charge in [-0.3, -0.25) is 10.2 Å². The van der Waals surface area contributed by atoms with Crippen LogP contribution >= 0.6 is 0 Å². The van der Waals surface area contributed by atoms with E-state index >= 15 is 0 Å². The van der Waals surface area contributed by atoms with Crippen molar-refractivity contribution in [1.29, 1.82) is 5.41 Å². The number of carbonyl (C=O) groups is 2. The van der Waals surface area contributed by atoms with Crippen LogP contribution in [0.3, 0.4) is 0 Å². The summed E-state index contributed by atoms with van der Waals surface area (Å²) in [6.07, 6.45) is 2.36. The summed E-state index contributed by atoms with van der Waals surface area (Å²) in [5.41, 5.74) is 7.12. The van der Waals surface area contributed by atoms with Crippen LogP contribution in [0.4, 0.5) is 5.69 Å². The number of hydrogen-bond donors (Lipinski definition) is 3. The van der Waals surface area contributed by atoms with Gasteiger partial charge >= 0.3 is 5.97 Å². The van der Waals surface area contributed by atoms with E-state index in [0.717, 1.165) is 24.9 Å². The van der Waals surface area contributed by atoms with Gasteiger partial charge in [0, 0.05) is 19.3 Å². The lowest BCUT2D eigenvalue weighted by atomic mass is 10.1. The molecule has 0 radical (unpaired) electrons. The number of hydrogen-bond acceptors (Lipinski definition) is 4. The number of anilines is 1. The molecule has 28 heavy (non-hydrogen) atoms. The molecule has 2 aromatic carbocycles. The fourth-order valence-electron chi connectivity index (χ4n) is 2.52. The SMILES string of the molecule is CCCCN(C)C(=O)Cc1ccc(OC(=O)c2ccc(NC(=N)N)cc2)cc1. The van der Waals surface area contributed by atoms with E-state index in [1.165, 1.54) is 0 Å². The molecule has 0 saturated heterocycles. The summed E-state index contributed by atoms with van der Waals surface area (Å²) in [5.74, 6) is -0.188. The lowest BCUT2D eigenvalue weighted by molar-refractivity contribution is -0.129. The fourth-order valence-corrected chi connectivity index (χ4v) is 2.52. The molecule has 0 saturated carbocycles. The Balaban J connectivity index is 1.91. The maximum atomic E-state index is 12.2. The smallest absolute Gasteiger partial charge is 0.343 e. The third-order valence-electron chi connectivity index (χ3n) is 4.16. The predicted molar refractivity (Wildman–Crippen MR) is 110 cm³/mol. The summed E-state index contributed by atoms with van der Waals surface area (Å²) in [7, 11) is 1.81. The highest BCUT2D eigenvalue weighted by Gasteiger charge is 2.11. The molecule has 148 valence electrons. The molecule has 0 aliphatic rings. The van der Waals surface area contributed by atoms with Crippen molar-refractivity contribution >= 4 is 23.5 Å². The van der Waals surface area contributed by atoms with Gasteiger partial charge in [0.25, 0.3) is 0 Å². The number of benzene rings is 2. The van der Waals surface area contributed by atoms with Gasteiger partial charge in [-0.2, -0.15) is 0 Å². The van der Waals surface area contributed by atoms with Crippen molar-refractivity contribution in [3.63, 3.8) is 0 Å². The van der Waals surface area contributed by atoms with E-state index in [1.54, 1.807) is 53.4 Å². The van der Waals surface area contributed by atoms with E-state index in [0.29, 0.717) is 23.4 Å². The average molecular weight is 382 g/mol. The van der Waals surface area contributed by atoms with E-state index < -0.39 is 5.97 Å². The van der Waals surface area contributed by atoms with Crippen LogP contribution in [0.5, 0.6) is 5.75 Å². The zero-order chi connectivity index (χ0) is 20.5. The molecule has 1 amide bonds. The molecule has 4 N–H and O–H groups in total. The molecule has 2 rings (SSSR count). The Morgan fingerprint density at radius 2 is 1.75 bits per heavy atom. The summed E-state index contributed by atoms with van der Waals surface area (Å²) in [5, 5.41) is 9.82. The standard InChI is InChI=1S/C21H26N4O3/c1-3-4-13-25(2)19(26)14-15-5-11-18(12-6-15)28-20(27)16-7-9-17(10-8-16)24-21(22)23/h5-12H,3-4,13-14H2,1-2H3,(H4,22,23,24). The van der Waals surface area contributed by atoms with Crippen molar-refractivity contribution < 1.29 is 14.3 Å². The van der Waals surface area contributed by atoms with Gasteiger partial charge in [0.2, 0.25) is 5.91 Å². The number of likely N-dealkylation sites (N-methyl/N-ethyl adjacent to an activating group) is 1. The third-order valence-corrected chi connectivity index (χ3v) is 4.16. The molecule has 7 heteroatoms. The number of guanidine groups is 1. The van der Waals surface area contributed by atoms with Gasteiger partial charge in [-0.05, 0) is 48.4 Å². The average Bonchev–Trinajstić information content (AvgIpc) is 2.67. The molecule has 2 aromatic rings. The van der Waals surface area contributed by atoms with Crippen molar-refractivity contribution in [3.8, 4) is 5.75 Å². The van der Waals surface area contributed by atoms with E-state index in [2.05, 4.69) is 12.2 Å². The quantitative estimate of drug-likeness (QED) is 0.281. The molecular weight excluding hydrogens is 356 g/mol. The number of rotatable bonds is 8. The predicted octanol–water partition coefficient (Wildman–Crippen LogP) is 3.01. The lowest BCUT2D eigenvalue weighted by Crippen LogP contribution is -2.29. The molecule has 7 nitrogen and oxygen atoms in total. The van der Waals surface area contributed by atoms with Gasteiger partial charge in [0.1, 0.15) is 5.75 Å². The second kappa shape index (κ2) is 10.1. The van der Waals surface area contributed by atoms with Crippen LogP contribution in [-0.2, 0) is 11.2 Å². The van der Waals surface area contributed by atoms with Crippen LogP contribution in [0.25, 0.3) is 0 Å². The number of nitrogens with two attached hydrogens (primary N) is 1. The van der Waals surface area contributed by atoms with Gasteiger partial charge in [0.15, 0.2) is 5.96 Å². The van der Waals surface area contributed by atoms with E-state index in [-0.39, 0.29) is 11.9 Å². The summed E-state index contributed by atoms with van der Waals surface area (Å²) in [6.45, 7) is 2.85. The maximum absolute atomic E-state index is 12.2.